The van der Waals surface area contributed by atoms with E-state index in [1.807, 2.05) is 0 Å². The molecule has 1 heterocycles. The van der Waals surface area contributed by atoms with Gasteiger partial charge in [0, 0.05) is 34.4 Å². The zero-order chi connectivity index (χ0) is 14.3. The molecule has 0 unspecified atom stereocenters. The Morgan fingerprint density at radius 2 is 2.05 bits per heavy atom. The second-order valence-electron chi connectivity index (χ2n) is 5.39. The van der Waals surface area contributed by atoms with Crippen molar-refractivity contribution in [2.45, 2.75) is 31.6 Å². The number of carbonyl (C=O) groups excluding carboxylic acids is 2. The number of fused-ring (bicyclic) bond motifs is 1. The van der Waals surface area contributed by atoms with Crippen LogP contribution in [0, 0.1) is 5.92 Å². The van der Waals surface area contributed by atoms with Gasteiger partial charge < -0.3 is 4.74 Å². The summed E-state index contributed by atoms with van der Waals surface area (Å²) in [6.07, 6.45) is 3.31. The topological polar surface area (TPSA) is 43.4 Å². The van der Waals surface area contributed by atoms with Gasteiger partial charge in [0.2, 0.25) is 0 Å². The van der Waals surface area contributed by atoms with E-state index in [-0.39, 0.29) is 17.6 Å². The molecule has 104 valence electrons. The molecule has 1 aromatic rings. The Balaban J connectivity index is 2.08. The predicted octanol–water partition coefficient (Wildman–Crippen LogP) is 3.66. The Morgan fingerprint density at radius 3 is 2.80 bits per heavy atom. The lowest BCUT2D eigenvalue weighted by molar-refractivity contribution is -0.132. The van der Waals surface area contributed by atoms with Gasteiger partial charge in [0.25, 0.3) is 0 Å². The molecular weight excluding hydrogens is 276 g/mol. The summed E-state index contributed by atoms with van der Waals surface area (Å²) in [6.45, 7) is 3.84. The molecule has 0 aromatic heterocycles. The van der Waals surface area contributed by atoms with Gasteiger partial charge >= 0.3 is 5.97 Å². The molecule has 3 rings (SSSR count). The maximum Gasteiger partial charge on any atom is 0.339 e. The summed E-state index contributed by atoms with van der Waals surface area (Å²) in [5.74, 6) is -0.208. The van der Waals surface area contributed by atoms with Crippen molar-refractivity contribution in [2.24, 2.45) is 5.92 Å². The minimum Gasteiger partial charge on any atom is -0.423 e. The number of benzene rings is 1. The average Bonchev–Trinajstić information content (AvgIpc) is 2.42. The number of hydrogen-bond acceptors (Lipinski definition) is 3. The Bertz CT molecular complexity index is 606. The molecule has 20 heavy (non-hydrogen) atoms. The number of halogens is 1. The van der Waals surface area contributed by atoms with E-state index in [0.717, 1.165) is 24.8 Å². The van der Waals surface area contributed by atoms with Crippen LogP contribution in [0.15, 0.2) is 30.4 Å². The summed E-state index contributed by atoms with van der Waals surface area (Å²) >= 11 is 6.05. The molecule has 0 radical (unpaired) electrons. The Morgan fingerprint density at radius 1 is 1.25 bits per heavy atom. The molecule has 1 aliphatic heterocycles. The van der Waals surface area contributed by atoms with Crippen LogP contribution in [0.4, 0.5) is 0 Å². The van der Waals surface area contributed by atoms with Gasteiger partial charge in [0.1, 0.15) is 11.5 Å². The number of carbonyl (C=O) groups is 2. The first-order chi connectivity index (χ1) is 9.58. The van der Waals surface area contributed by atoms with Gasteiger partial charge in [-0.15, -0.1) is 0 Å². The van der Waals surface area contributed by atoms with E-state index in [2.05, 4.69) is 6.58 Å². The van der Waals surface area contributed by atoms with Crippen molar-refractivity contribution >= 4 is 23.4 Å². The number of ether oxygens (including phenoxy) is 1. The van der Waals surface area contributed by atoms with E-state index in [1.54, 1.807) is 18.2 Å². The summed E-state index contributed by atoms with van der Waals surface area (Å²) in [5.41, 5.74) is 1.17. The van der Waals surface area contributed by atoms with E-state index in [1.165, 1.54) is 0 Å². The lowest BCUT2D eigenvalue weighted by Gasteiger charge is -2.33. The highest BCUT2D eigenvalue weighted by Gasteiger charge is 2.40. The average molecular weight is 291 g/mol. The SMILES string of the molecule is C=C1C(=O)Oc2ccc(Cl)cc2[C@H]1[C@@H]1CCCCC1=O. The molecule has 4 heteroatoms. The second kappa shape index (κ2) is 5.06. The maximum absolute atomic E-state index is 12.2. The first-order valence-electron chi connectivity index (χ1n) is 6.81. The van der Waals surface area contributed by atoms with Gasteiger partial charge in [-0.2, -0.15) is 0 Å². The molecule has 0 saturated heterocycles. The molecule has 1 saturated carbocycles. The monoisotopic (exact) mass is 290 g/mol. The zero-order valence-corrected chi connectivity index (χ0v) is 11.8. The van der Waals surface area contributed by atoms with Crippen LogP contribution >= 0.6 is 11.6 Å². The van der Waals surface area contributed by atoms with Crippen LogP contribution < -0.4 is 4.74 Å². The molecule has 1 aliphatic carbocycles. The van der Waals surface area contributed by atoms with Gasteiger partial charge in [-0.1, -0.05) is 24.6 Å². The lowest BCUT2D eigenvalue weighted by atomic mass is 9.72. The molecule has 1 fully saturated rings. The highest BCUT2D eigenvalue weighted by molar-refractivity contribution is 6.30. The van der Waals surface area contributed by atoms with Gasteiger partial charge in [-0.05, 0) is 31.0 Å². The highest BCUT2D eigenvalue weighted by Crippen LogP contribution is 2.45. The third kappa shape index (κ3) is 2.16. The van der Waals surface area contributed by atoms with Crippen molar-refractivity contribution in [1.29, 1.82) is 0 Å². The van der Waals surface area contributed by atoms with E-state index >= 15 is 0 Å². The number of hydrogen-bond donors (Lipinski definition) is 0. The van der Waals surface area contributed by atoms with Crippen LogP contribution in [0.3, 0.4) is 0 Å². The fourth-order valence-corrected chi connectivity index (χ4v) is 3.34. The normalized spacial score (nSPS) is 26.1. The van der Waals surface area contributed by atoms with Crippen LogP contribution in [0.25, 0.3) is 0 Å². The largest absolute Gasteiger partial charge is 0.423 e. The maximum atomic E-state index is 12.2. The van der Waals surface area contributed by atoms with Crippen LogP contribution in [0.2, 0.25) is 5.02 Å². The zero-order valence-electron chi connectivity index (χ0n) is 11.0. The van der Waals surface area contributed by atoms with Gasteiger partial charge in [-0.3, -0.25) is 4.79 Å². The smallest absolute Gasteiger partial charge is 0.339 e. The summed E-state index contributed by atoms with van der Waals surface area (Å²) in [5, 5.41) is 0.572. The van der Waals surface area contributed by atoms with Crippen LogP contribution in [0.1, 0.15) is 37.2 Å². The Labute approximate surface area is 122 Å². The number of Topliss-reactive ketones (excluding diaryl/α,β-unsaturated/α-hetero) is 1. The fraction of sp³-hybridized carbons (Fsp3) is 0.375. The minimum atomic E-state index is -0.441. The lowest BCUT2D eigenvalue weighted by Crippen LogP contribution is -2.33. The first kappa shape index (κ1) is 13.4. The van der Waals surface area contributed by atoms with Gasteiger partial charge in [-0.25, -0.2) is 4.79 Å². The predicted molar refractivity (Wildman–Crippen MR) is 75.9 cm³/mol. The van der Waals surface area contributed by atoms with Crippen molar-refractivity contribution < 1.29 is 14.3 Å². The van der Waals surface area contributed by atoms with E-state index in [0.29, 0.717) is 22.8 Å². The molecule has 2 aliphatic rings. The number of esters is 1. The summed E-state index contributed by atoms with van der Waals surface area (Å²) in [7, 11) is 0. The number of rotatable bonds is 1. The second-order valence-corrected chi connectivity index (χ2v) is 5.83. The van der Waals surface area contributed by atoms with Crippen LogP contribution in [0.5, 0.6) is 5.75 Å². The molecular formula is C16H15ClO3. The van der Waals surface area contributed by atoms with Gasteiger partial charge in [0.15, 0.2) is 0 Å². The Kier molecular flexibility index (Phi) is 3.38. The van der Waals surface area contributed by atoms with E-state index in [9.17, 15) is 9.59 Å². The quantitative estimate of drug-likeness (QED) is 0.450. The molecule has 0 spiro atoms. The molecule has 1 aromatic carbocycles. The van der Waals surface area contributed by atoms with Crippen molar-refractivity contribution in [3.63, 3.8) is 0 Å². The van der Waals surface area contributed by atoms with Crippen LogP contribution in [-0.4, -0.2) is 11.8 Å². The van der Waals surface area contributed by atoms with E-state index in [4.69, 9.17) is 16.3 Å². The highest BCUT2D eigenvalue weighted by atomic mass is 35.5. The summed E-state index contributed by atoms with van der Waals surface area (Å²) in [4.78, 5) is 24.1. The molecule has 3 nitrogen and oxygen atoms in total. The molecule has 2 atom stereocenters. The Hall–Kier alpha value is -1.61. The fourth-order valence-electron chi connectivity index (χ4n) is 3.16. The molecule has 0 N–H and O–H groups in total. The van der Waals surface area contributed by atoms with Crippen molar-refractivity contribution in [3.05, 3.63) is 40.9 Å². The van der Waals surface area contributed by atoms with Crippen molar-refractivity contribution in [3.8, 4) is 5.75 Å². The minimum absolute atomic E-state index is 0.179. The third-order valence-electron chi connectivity index (χ3n) is 4.15. The third-order valence-corrected chi connectivity index (χ3v) is 4.39. The summed E-state index contributed by atoms with van der Waals surface area (Å²) in [6, 6.07) is 5.14. The molecule has 0 bridgehead atoms. The van der Waals surface area contributed by atoms with Crippen molar-refractivity contribution in [1.82, 2.24) is 0 Å². The van der Waals surface area contributed by atoms with Crippen LogP contribution in [-0.2, 0) is 9.59 Å². The summed E-state index contributed by atoms with van der Waals surface area (Å²) < 4.78 is 5.25. The van der Waals surface area contributed by atoms with Gasteiger partial charge in [0.05, 0.1) is 0 Å². The number of ketones is 1. The van der Waals surface area contributed by atoms with E-state index < -0.39 is 5.97 Å². The standard InChI is InChI=1S/C16H15ClO3/c1-9-15(11-4-2-3-5-13(11)18)12-8-10(17)6-7-14(12)20-16(9)19/h6-8,11,15H,1-5H2/t11-,15-/m1/s1. The first-order valence-corrected chi connectivity index (χ1v) is 7.19. The molecule has 0 amide bonds. The van der Waals surface area contributed by atoms with Crippen molar-refractivity contribution in [2.75, 3.05) is 0 Å².